The highest BCUT2D eigenvalue weighted by atomic mass is 16.2. The van der Waals surface area contributed by atoms with E-state index in [1.54, 1.807) is 13.2 Å². The van der Waals surface area contributed by atoms with E-state index in [2.05, 4.69) is 31.1 Å². The average Bonchev–Trinajstić information content (AvgIpc) is 2.84. The molecule has 0 fully saturated rings. The first-order chi connectivity index (χ1) is 9.97. The van der Waals surface area contributed by atoms with Crippen molar-refractivity contribution in [1.29, 1.82) is 0 Å². The van der Waals surface area contributed by atoms with E-state index in [0.717, 1.165) is 16.8 Å². The van der Waals surface area contributed by atoms with Crippen molar-refractivity contribution in [3.05, 3.63) is 34.9 Å². The monoisotopic (exact) mass is 289 g/mol. The lowest BCUT2D eigenvalue weighted by Gasteiger charge is -2.13. The molecule has 2 N–H and O–H groups in total. The Morgan fingerprint density at radius 3 is 2.81 bits per heavy atom. The van der Waals surface area contributed by atoms with Gasteiger partial charge in [0.25, 0.3) is 0 Å². The molecule has 8 nitrogen and oxygen atoms in total. The van der Waals surface area contributed by atoms with Crippen molar-refractivity contribution < 1.29 is 4.79 Å². The van der Waals surface area contributed by atoms with Gasteiger partial charge in [0.2, 0.25) is 0 Å². The molecule has 1 atom stereocenters. The third kappa shape index (κ3) is 3.74. The Morgan fingerprint density at radius 2 is 2.19 bits per heavy atom. The SMILES string of the molecule is Cc1cc(C)c(CNC(=O)NC(C)c2nnnn2C)cn1. The second-order valence-electron chi connectivity index (χ2n) is 4.96. The van der Waals surface area contributed by atoms with Crippen molar-refractivity contribution in [1.82, 2.24) is 35.8 Å². The van der Waals surface area contributed by atoms with E-state index >= 15 is 0 Å². The van der Waals surface area contributed by atoms with Crippen molar-refractivity contribution in [2.24, 2.45) is 7.05 Å². The van der Waals surface area contributed by atoms with Gasteiger partial charge in [-0.15, -0.1) is 5.10 Å². The van der Waals surface area contributed by atoms with Crippen LogP contribution in [0, 0.1) is 13.8 Å². The van der Waals surface area contributed by atoms with Gasteiger partial charge in [0.05, 0.1) is 6.04 Å². The number of hydrogen-bond acceptors (Lipinski definition) is 5. The van der Waals surface area contributed by atoms with Gasteiger partial charge in [-0.05, 0) is 48.4 Å². The van der Waals surface area contributed by atoms with E-state index in [-0.39, 0.29) is 12.1 Å². The number of nitrogens with one attached hydrogen (secondary N) is 2. The van der Waals surface area contributed by atoms with Crippen molar-refractivity contribution in [2.45, 2.75) is 33.4 Å². The quantitative estimate of drug-likeness (QED) is 0.867. The molecule has 0 aliphatic heterocycles. The van der Waals surface area contributed by atoms with Crippen LogP contribution in [-0.2, 0) is 13.6 Å². The first kappa shape index (κ1) is 14.9. The number of urea groups is 1. The van der Waals surface area contributed by atoms with E-state index in [9.17, 15) is 4.79 Å². The molecule has 0 saturated heterocycles. The summed E-state index contributed by atoms with van der Waals surface area (Å²) in [7, 11) is 1.73. The minimum Gasteiger partial charge on any atom is -0.334 e. The van der Waals surface area contributed by atoms with Gasteiger partial charge in [-0.25, -0.2) is 9.48 Å². The molecule has 21 heavy (non-hydrogen) atoms. The van der Waals surface area contributed by atoms with Crippen molar-refractivity contribution in [2.75, 3.05) is 0 Å². The van der Waals surface area contributed by atoms with Crippen LogP contribution in [0.1, 0.15) is 35.6 Å². The molecule has 2 aromatic heterocycles. The Labute approximate surface area is 123 Å². The fourth-order valence-corrected chi connectivity index (χ4v) is 2.00. The van der Waals surface area contributed by atoms with E-state index < -0.39 is 0 Å². The molecule has 0 bridgehead atoms. The summed E-state index contributed by atoms with van der Waals surface area (Å²) >= 11 is 0. The molecular formula is C13H19N7O. The third-order valence-corrected chi connectivity index (χ3v) is 3.18. The highest BCUT2D eigenvalue weighted by Crippen LogP contribution is 2.08. The fourth-order valence-electron chi connectivity index (χ4n) is 2.00. The molecule has 0 saturated carbocycles. The number of aromatic nitrogens is 5. The third-order valence-electron chi connectivity index (χ3n) is 3.18. The number of rotatable bonds is 4. The van der Waals surface area contributed by atoms with Gasteiger partial charge >= 0.3 is 6.03 Å². The van der Waals surface area contributed by atoms with Gasteiger partial charge in [-0.3, -0.25) is 4.98 Å². The Balaban J connectivity index is 1.89. The van der Waals surface area contributed by atoms with Crippen LogP contribution >= 0.6 is 0 Å². The van der Waals surface area contributed by atoms with Crippen LogP contribution in [0.2, 0.25) is 0 Å². The number of tetrazole rings is 1. The summed E-state index contributed by atoms with van der Waals surface area (Å²) in [5, 5.41) is 16.7. The van der Waals surface area contributed by atoms with E-state index in [4.69, 9.17) is 0 Å². The van der Waals surface area contributed by atoms with Crippen LogP contribution in [0.15, 0.2) is 12.3 Å². The number of hydrogen-bond donors (Lipinski definition) is 2. The van der Waals surface area contributed by atoms with Crippen LogP contribution in [0.25, 0.3) is 0 Å². The predicted molar refractivity (Wildman–Crippen MR) is 76.3 cm³/mol. The Morgan fingerprint density at radius 1 is 1.43 bits per heavy atom. The highest BCUT2D eigenvalue weighted by Gasteiger charge is 2.14. The first-order valence-electron chi connectivity index (χ1n) is 6.66. The molecule has 8 heteroatoms. The number of carbonyl (C=O) groups excluding carboxylic acids is 1. The zero-order valence-electron chi connectivity index (χ0n) is 12.6. The zero-order chi connectivity index (χ0) is 15.4. The number of carbonyl (C=O) groups is 1. The fraction of sp³-hybridized carbons (Fsp3) is 0.462. The molecule has 0 aliphatic rings. The summed E-state index contributed by atoms with van der Waals surface area (Å²) in [6.45, 7) is 6.18. The van der Waals surface area contributed by atoms with Gasteiger partial charge < -0.3 is 10.6 Å². The van der Waals surface area contributed by atoms with Crippen LogP contribution < -0.4 is 10.6 Å². The molecule has 2 rings (SSSR count). The summed E-state index contributed by atoms with van der Waals surface area (Å²) in [4.78, 5) is 16.1. The van der Waals surface area contributed by atoms with Crippen molar-refractivity contribution >= 4 is 6.03 Å². The van der Waals surface area contributed by atoms with E-state index in [1.165, 1.54) is 4.68 Å². The van der Waals surface area contributed by atoms with Gasteiger partial charge in [0.15, 0.2) is 5.82 Å². The zero-order valence-corrected chi connectivity index (χ0v) is 12.6. The summed E-state index contributed by atoms with van der Waals surface area (Å²) in [5.41, 5.74) is 3.06. The summed E-state index contributed by atoms with van der Waals surface area (Å²) in [6, 6.07) is 1.44. The average molecular weight is 289 g/mol. The molecule has 0 spiro atoms. The van der Waals surface area contributed by atoms with Gasteiger partial charge in [-0.1, -0.05) is 0 Å². The molecular weight excluding hydrogens is 270 g/mol. The Bertz CT molecular complexity index is 637. The van der Waals surface area contributed by atoms with Gasteiger partial charge in [0.1, 0.15) is 0 Å². The maximum absolute atomic E-state index is 11.9. The Kier molecular flexibility index (Phi) is 4.46. The summed E-state index contributed by atoms with van der Waals surface area (Å²) < 4.78 is 1.53. The second kappa shape index (κ2) is 6.29. The predicted octanol–water partition coefficient (Wildman–Crippen LogP) is 0.782. The molecule has 2 heterocycles. The molecule has 0 radical (unpaired) electrons. The topological polar surface area (TPSA) is 97.6 Å². The number of pyridine rings is 1. The number of nitrogens with zero attached hydrogens (tertiary/aromatic N) is 5. The normalized spacial score (nSPS) is 12.0. The van der Waals surface area contributed by atoms with Crippen LogP contribution in [0.3, 0.4) is 0 Å². The number of aryl methyl sites for hydroxylation is 3. The molecule has 2 aromatic rings. The maximum Gasteiger partial charge on any atom is 0.315 e. The van der Waals surface area contributed by atoms with Crippen molar-refractivity contribution in [3.8, 4) is 0 Å². The second-order valence-corrected chi connectivity index (χ2v) is 4.96. The molecule has 1 unspecified atom stereocenters. The van der Waals surface area contributed by atoms with Crippen LogP contribution in [-0.4, -0.2) is 31.2 Å². The Hall–Kier alpha value is -2.51. The highest BCUT2D eigenvalue weighted by molar-refractivity contribution is 5.74. The minimum atomic E-state index is -0.276. The molecule has 0 aliphatic carbocycles. The van der Waals surface area contributed by atoms with Gasteiger partial charge in [0, 0.05) is 25.5 Å². The lowest BCUT2D eigenvalue weighted by molar-refractivity contribution is 0.236. The lowest BCUT2D eigenvalue weighted by Crippen LogP contribution is -2.37. The van der Waals surface area contributed by atoms with E-state index in [0.29, 0.717) is 12.4 Å². The standard InChI is InChI=1S/C13H19N7O/c1-8-5-9(2)14-6-11(8)7-15-13(21)16-10(3)12-17-18-19-20(12)4/h5-6,10H,7H2,1-4H3,(H2,15,16,21). The molecule has 112 valence electrons. The van der Waals surface area contributed by atoms with E-state index in [1.807, 2.05) is 26.8 Å². The molecule has 0 aromatic carbocycles. The van der Waals surface area contributed by atoms with Crippen LogP contribution in [0.4, 0.5) is 4.79 Å². The molecule has 2 amide bonds. The summed E-state index contributed by atoms with van der Waals surface area (Å²) in [5.74, 6) is 0.596. The van der Waals surface area contributed by atoms with Crippen LogP contribution in [0.5, 0.6) is 0 Å². The lowest BCUT2D eigenvalue weighted by atomic mass is 10.1. The smallest absolute Gasteiger partial charge is 0.315 e. The minimum absolute atomic E-state index is 0.273. The van der Waals surface area contributed by atoms with Gasteiger partial charge in [-0.2, -0.15) is 0 Å². The largest absolute Gasteiger partial charge is 0.334 e. The van der Waals surface area contributed by atoms with Crippen molar-refractivity contribution in [3.63, 3.8) is 0 Å². The maximum atomic E-state index is 11.9. The summed E-state index contributed by atoms with van der Waals surface area (Å²) in [6.07, 6.45) is 1.78. The number of amides is 2. The first-order valence-corrected chi connectivity index (χ1v) is 6.66.